The average Bonchev–Trinajstić information content (AvgIpc) is 2.70. The van der Waals surface area contributed by atoms with E-state index in [1.165, 1.54) is 0 Å². The highest BCUT2D eigenvalue weighted by Crippen LogP contribution is 2.24. The number of nitrogen functional groups attached to an aromatic ring is 1. The Morgan fingerprint density at radius 3 is 2.88 bits per heavy atom. The van der Waals surface area contributed by atoms with Crippen molar-refractivity contribution in [1.29, 1.82) is 0 Å². The molecule has 0 spiro atoms. The summed E-state index contributed by atoms with van der Waals surface area (Å²) in [6, 6.07) is 7.24. The van der Waals surface area contributed by atoms with Crippen LogP contribution in [0.3, 0.4) is 0 Å². The number of nitrogens with zero attached hydrogens (tertiary/aromatic N) is 2. The third-order valence-corrected chi connectivity index (χ3v) is 2.85. The zero-order valence-electron chi connectivity index (χ0n) is 9.56. The molecule has 1 aromatic heterocycles. The quantitative estimate of drug-likeness (QED) is 0.849. The molecule has 1 aromatic carbocycles. The zero-order chi connectivity index (χ0) is 12.3. The minimum atomic E-state index is 0.517. The van der Waals surface area contributed by atoms with Gasteiger partial charge in [-0.15, -0.1) is 0 Å². The van der Waals surface area contributed by atoms with Gasteiger partial charge < -0.3 is 10.5 Å². The van der Waals surface area contributed by atoms with Crippen LogP contribution in [0, 0.1) is 0 Å². The summed E-state index contributed by atoms with van der Waals surface area (Å²) in [4.78, 5) is 0. The van der Waals surface area contributed by atoms with Crippen molar-refractivity contribution in [2.24, 2.45) is 7.05 Å². The summed E-state index contributed by atoms with van der Waals surface area (Å²) in [6.07, 6.45) is 2.58. The van der Waals surface area contributed by atoms with E-state index in [2.05, 4.69) is 5.10 Å². The van der Waals surface area contributed by atoms with Crippen molar-refractivity contribution in [3.05, 3.63) is 41.2 Å². The maximum absolute atomic E-state index is 5.90. The van der Waals surface area contributed by atoms with Crippen molar-refractivity contribution in [2.75, 3.05) is 12.3 Å². The van der Waals surface area contributed by atoms with Gasteiger partial charge in [0.1, 0.15) is 5.75 Å². The van der Waals surface area contributed by atoms with Crippen LogP contribution < -0.4 is 10.5 Å². The van der Waals surface area contributed by atoms with E-state index in [1.54, 1.807) is 18.3 Å². The Bertz CT molecular complexity index is 510. The number of hydrogen-bond donors (Lipinski definition) is 1. The lowest BCUT2D eigenvalue weighted by Gasteiger charge is -2.07. The van der Waals surface area contributed by atoms with Gasteiger partial charge in [-0.2, -0.15) is 5.10 Å². The van der Waals surface area contributed by atoms with Gasteiger partial charge in [0.2, 0.25) is 0 Å². The van der Waals surface area contributed by atoms with Gasteiger partial charge in [0, 0.05) is 31.4 Å². The Hall–Kier alpha value is -1.68. The third kappa shape index (κ3) is 2.91. The Labute approximate surface area is 105 Å². The molecule has 0 saturated heterocycles. The minimum Gasteiger partial charge on any atom is -0.493 e. The van der Waals surface area contributed by atoms with E-state index in [0.29, 0.717) is 17.3 Å². The van der Waals surface area contributed by atoms with Crippen molar-refractivity contribution in [3.8, 4) is 5.75 Å². The predicted molar refractivity (Wildman–Crippen MR) is 68.3 cm³/mol. The molecule has 90 valence electrons. The molecule has 0 bridgehead atoms. The van der Waals surface area contributed by atoms with Crippen molar-refractivity contribution >= 4 is 17.3 Å². The van der Waals surface area contributed by atoms with Crippen LogP contribution in [0.4, 0.5) is 5.69 Å². The fourth-order valence-corrected chi connectivity index (χ4v) is 1.69. The molecular weight excluding hydrogens is 238 g/mol. The van der Waals surface area contributed by atoms with E-state index >= 15 is 0 Å². The maximum Gasteiger partial charge on any atom is 0.120 e. The Balaban J connectivity index is 1.90. The molecule has 0 aliphatic heterocycles. The third-order valence-electron chi connectivity index (χ3n) is 2.52. The Morgan fingerprint density at radius 2 is 2.24 bits per heavy atom. The molecule has 0 aliphatic carbocycles. The average molecular weight is 252 g/mol. The molecular formula is C12H14ClN3O. The molecule has 1 heterocycles. The summed E-state index contributed by atoms with van der Waals surface area (Å²) in [7, 11) is 1.91. The number of aryl methyl sites for hydroxylation is 1. The van der Waals surface area contributed by atoms with Crippen molar-refractivity contribution < 1.29 is 4.74 Å². The van der Waals surface area contributed by atoms with Crippen molar-refractivity contribution in [2.45, 2.75) is 6.42 Å². The van der Waals surface area contributed by atoms with Gasteiger partial charge >= 0.3 is 0 Å². The minimum absolute atomic E-state index is 0.517. The highest BCUT2D eigenvalue weighted by atomic mass is 35.5. The first-order chi connectivity index (χ1) is 8.16. The van der Waals surface area contributed by atoms with E-state index in [-0.39, 0.29) is 0 Å². The highest BCUT2D eigenvalue weighted by Gasteiger charge is 2.01. The maximum atomic E-state index is 5.90. The molecule has 2 aromatic rings. The first kappa shape index (κ1) is 11.8. The molecule has 0 amide bonds. The van der Waals surface area contributed by atoms with E-state index in [1.807, 2.05) is 23.9 Å². The van der Waals surface area contributed by atoms with Crippen LogP contribution in [0.2, 0.25) is 5.02 Å². The van der Waals surface area contributed by atoms with Gasteiger partial charge in [-0.25, -0.2) is 0 Å². The molecule has 0 unspecified atom stereocenters. The lowest BCUT2D eigenvalue weighted by atomic mass is 10.3. The first-order valence-corrected chi connectivity index (χ1v) is 5.69. The summed E-state index contributed by atoms with van der Waals surface area (Å²) >= 11 is 5.90. The summed E-state index contributed by atoms with van der Waals surface area (Å²) < 4.78 is 7.42. The number of hydrogen-bond acceptors (Lipinski definition) is 3. The Kier molecular flexibility index (Phi) is 3.54. The molecule has 2 N–H and O–H groups in total. The molecule has 4 nitrogen and oxygen atoms in total. The number of anilines is 1. The summed E-state index contributed by atoms with van der Waals surface area (Å²) in [6.45, 7) is 0.583. The Morgan fingerprint density at radius 1 is 1.41 bits per heavy atom. The van der Waals surface area contributed by atoms with E-state index in [9.17, 15) is 0 Å². The standard InChI is InChI=1S/C12H14ClN3O/c1-16-9(4-6-15-16)5-7-17-10-2-3-12(14)11(13)8-10/h2-4,6,8H,5,7,14H2,1H3. The predicted octanol–water partition coefficient (Wildman–Crippen LogP) is 2.28. The van der Waals surface area contributed by atoms with Crippen LogP contribution in [0.25, 0.3) is 0 Å². The van der Waals surface area contributed by atoms with Crippen LogP contribution in [0.1, 0.15) is 5.69 Å². The normalized spacial score (nSPS) is 10.5. The van der Waals surface area contributed by atoms with Crippen LogP contribution >= 0.6 is 11.6 Å². The lowest BCUT2D eigenvalue weighted by molar-refractivity contribution is 0.318. The molecule has 17 heavy (non-hydrogen) atoms. The van der Waals surface area contributed by atoms with Crippen molar-refractivity contribution in [1.82, 2.24) is 9.78 Å². The second-order valence-electron chi connectivity index (χ2n) is 3.73. The van der Waals surface area contributed by atoms with Crippen LogP contribution in [-0.4, -0.2) is 16.4 Å². The summed E-state index contributed by atoms with van der Waals surface area (Å²) in [5.74, 6) is 0.728. The number of rotatable bonds is 4. The smallest absolute Gasteiger partial charge is 0.120 e. The van der Waals surface area contributed by atoms with Crippen LogP contribution in [0.5, 0.6) is 5.75 Å². The second kappa shape index (κ2) is 5.10. The molecule has 0 fully saturated rings. The fraction of sp³-hybridized carbons (Fsp3) is 0.250. The SMILES string of the molecule is Cn1nccc1CCOc1ccc(N)c(Cl)c1. The van der Waals surface area contributed by atoms with E-state index < -0.39 is 0 Å². The number of aromatic nitrogens is 2. The molecule has 0 aliphatic rings. The summed E-state index contributed by atoms with van der Waals surface area (Å²) in [5, 5.41) is 4.61. The van der Waals surface area contributed by atoms with E-state index in [4.69, 9.17) is 22.1 Å². The fourth-order valence-electron chi connectivity index (χ4n) is 1.52. The van der Waals surface area contributed by atoms with Gasteiger partial charge in [0.25, 0.3) is 0 Å². The summed E-state index contributed by atoms with van der Waals surface area (Å²) in [5.41, 5.74) is 7.31. The monoisotopic (exact) mass is 251 g/mol. The molecule has 0 saturated carbocycles. The largest absolute Gasteiger partial charge is 0.493 e. The number of halogens is 1. The molecule has 0 atom stereocenters. The topological polar surface area (TPSA) is 53.1 Å². The van der Waals surface area contributed by atoms with E-state index in [0.717, 1.165) is 17.9 Å². The van der Waals surface area contributed by atoms with Gasteiger partial charge in [0.05, 0.1) is 17.3 Å². The highest BCUT2D eigenvalue weighted by molar-refractivity contribution is 6.33. The van der Waals surface area contributed by atoms with Gasteiger partial charge in [-0.1, -0.05) is 11.6 Å². The second-order valence-corrected chi connectivity index (χ2v) is 4.14. The first-order valence-electron chi connectivity index (χ1n) is 5.31. The number of ether oxygens (including phenoxy) is 1. The molecule has 0 radical (unpaired) electrons. The van der Waals surface area contributed by atoms with Crippen LogP contribution in [0.15, 0.2) is 30.5 Å². The van der Waals surface area contributed by atoms with Crippen molar-refractivity contribution in [3.63, 3.8) is 0 Å². The van der Waals surface area contributed by atoms with Gasteiger partial charge in [-0.05, 0) is 18.2 Å². The number of nitrogens with two attached hydrogens (primary N) is 1. The molecule has 2 rings (SSSR count). The lowest BCUT2D eigenvalue weighted by Crippen LogP contribution is -2.06. The van der Waals surface area contributed by atoms with Crippen LogP contribution in [-0.2, 0) is 13.5 Å². The number of benzene rings is 1. The molecule has 5 heteroatoms. The van der Waals surface area contributed by atoms with Gasteiger partial charge in [-0.3, -0.25) is 4.68 Å². The van der Waals surface area contributed by atoms with Gasteiger partial charge in [0.15, 0.2) is 0 Å². The zero-order valence-corrected chi connectivity index (χ0v) is 10.3.